The van der Waals surface area contributed by atoms with Gasteiger partial charge in [0.15, 0.2) is 5.78 Å². The van der Waals surface area contributed by atoms with E-state index in [1.807, 2.05) is 6.92 Å². The van der Waals surface area contributed by atoms with Gasteiger partial charge in [0, 0.05) is 23.5 Å². The molecule has 2 aromatic carbocycles. The van der Waals surface area contributed by atoms with E-state index >= 15 is 0 Å². The summed E-state index contributed by atoms with van der Waals surface area (Å²) >= 11 is 0. The van der Waals surface area contributed by atoms with Gasteiger partial charge in [-0.15, -0.1) is 0 Å². The number of rotatable bonds is 5. The Morgan fingerprint density at radius 2 is 1.56 bits per heavy atom. The highest BCUT2D eigenvalue weighted by Crippen LogP contribution is 2.22. The Bertz CT molecular complexity index is 998. The molecule has 1 N–H and O–H groups in total. The van der Waals surface area contributed by atoms with Crippen molar-refractivity contribution >= 4 is 21.5 Å². The summed E-state index contributed by atoms with van der Waals surface area (Å²) in [5.41, 5.74) is 1.93. The van der Waals surface area contributed by atoms with Gasteiger partial charge in [0.05, 0.1) is 10.6 Å². The molecule has 0 bridgehead atoms. The molecule has 0 fully saturated rings. The maximum atomic E-state index is 12.7. The van der Waals surface area contributed by atoms with E-state index in [-0.39, 0.29) is 21.9 Å². The monoisotopic (exact) mass is 352 g/mol. The Balaban J connectivity index is 1.96. The minimum atomic E-state index is -3.78. The summed E-state index contributed by atoms with van der Waals surface area (Å²) in [6.07, 6.45) is 3.04. The predicted octanol–water partition coefficient (Wildman–Crippen LogP) is 3.42. The first-order valence-electron chi connectivity index (χ1n) is 7.60. The van der Waals surface area contributed by atoms with Gasteiger partial charge in [-0.2, -0.15) is 0 Å². The van der Waals surface area contributed by atoms with Crippen molar-refractivity contribution in [1.29, 1.82) is 0 Å². The third kappa shape index (κ3) is 3.75. The number of para-hydroxylation sites is 1. The summed E-state index contributed by atoms with van der Waals surface area (Å²) in [6.45, 7) is 1.88. The number of carbonyl (C=O) groups is 1. The van der Waals surface area contributed by atoms with Crippen molar-refractivity contribution < 1.29 is 13.2 Å². The summed E-state index contributed by atoms with van der Waals surface area (Å²) in [4.78, 5) is 16.7. The average molecular weight is 352 g/mol. The number of anilines is 1. The number of nitrogens with zero attached hydrogens (tertiary/aromatic N) is 1. The van der Waals surface area contributed by atoms with Crippen LogP contribution in [0.5, 0.6) is 0 Å². The van der Waals surface area contributed by atoms with E-state index < -0.39 is 10.0 Å². The number of nitrogens with one attached hydrogen (secondary N) is 1. The van der Waals surface area contributed by atoms with Crippen LogP contribution in [0.3, 0.4) is 0 Å². The van der Waals surface area contributed by atoms with Gasteiger partial charge in [0.2, 0.25) is 0 Å². The summed E-state index contributed by atoms with van der Waals surface area (Å²) in [7, 11) is -3.78. The van der Waals surface area contributed by atoms with Crippen molar-refractivity contribution in [2.75, 3.05) is 4.72 Å². The van der Waals surface area contributed by atoms with E-state index in [1.165, 1.54) is 24.5 Å². The average Bonchev–Trinajstić information content (AvgIpc) is 2.62. The van der Waals surface area contributed by atoms with Gasteiger partial charge in [0.1, 0.15) is 0 Å². The number of pyridine rings is 1. The van der Waals surface area contributed by atoms with Crippen LogP contribution in [0.2, 0.25) is 0 Å². The second-order valence-electron chi connectivity index (χ2n) is 5.53. The molecule has 25 heavy (non-hydrogen) atoms. The Kier molecular flexibility index (Phi) is 4.63. The van der Waals surface area contributed by atoms with Crippen LogP contribution in [0.15, 0.2) is 78.0 Å². The normalized spacial score (nSPS) is 11.1. The third-order valence-corrected chi connectivity index (χ3v) is 5.07. The molecule has 0 atom stereocenters. The zero-order valence-corrected chi connectivity index (χ0v) is 14.3. The number of carbonyl (C=O) groups excluding carboxylic acids is 1. The molecule has 3 aromatic rings. The number of hydrogen-bond acceptors (Lipinski definition) is 4. The molecular weight excluding hydrogens is 336 g/mol. The fourth-order valence-electron chi connectivity index (χ4n) is 2.35. The Morgan fingerprint density at radius 1 is 0.920 bits per heavy atom. The molecular formula is C19H16N2O3S. The number of aryl methyl sites for hydroxylation is 1. The van der Waals surface area contributed by atoms with Crippen LogP contribution in [0.4, 0.5) is 5.69 Å². The van der Waals surface area contributed by atoms with Crippen molar-refractivity contribution in [3.05, 3.63) is 89.7 Å². The van der Waals surface area contributed by atoms with Crippen LogP contribution in [0, 0.1) is 6.92 Å². The zero-order chi connectivity index (χ0) is 17.9. The molecule has 6 heteroatoms. The molecule has 0 spiro atoms. The fraction of sp³-hybridized carbons (Fsp3) is 0.0526. The summed E-state index contributed by atoms with van der Waals surface area (Å²) in [5.74, 6) is -0.274. The van der Waals surface area contributed by atoms with Gasteiger partial charge in [-0.1, -0.05) is 29.8 Å². The quantitative estimate of drug-likeness (QED) is 0.714. The smallest absolute Gasteiger partial charge is 0.261 e. The molecule has 126 valence electrons. The van der Waals surface area contributed by atoms with Gasteiger partial charge < -0.3 is 0 Å². The minimum Gasteiger partial charge on any atom is -0.289 e. The van der Waals surface area contributed by atoms with Crippen LogP contribution in [0.25, 0.3) is 0 Å². The van der Waals surface area contributed by atoms with Crippen LogP contribution >= 0.6 is 0 Å². The minimum absolute atomic E-state index is 0.143. The van der Waals surface area contributed by atoms with Gasteiger partial charge in [0.25, 0.3) is 10.0 Å². The first-order valence-corrected chi connectivity index (χ1v) is 9.09. The molecule has 0 amide bonds. The lowest BCUT2D eigenvalue weighted by atomic mass is 10.0. The van der Waals surface area contributed by atoms with Gasteiger partial charge in [-0.3, -0.25) is 14.5 Å². The molecule has 0 aliphatic rings. The second-order valence-corrected chi connectivity index (χ2v) is 7.21. The standard InChI is InChI=1S/C19H16N2O3S/c1-14-6-8-16(9-7-14)25(23,24)21-18-5-3-2-4-17(18)19(22)15-10-12-20-13-11-15/h2-13,21H,1H3. The van der Waals surface area contributed by atoms with Gasteiger partial charge in [-0.25, -0.2) is 8.42 Å². The zero-order valence-electron chi connectivity index (χ0n) is 13.5. The molecule has 0 radical (unpaired) electrons. The largest absolute Gasteiger partial charge is 0.289 e. The molecule has 3 rings (SSSR count). The van der Waals surface area contributed by atoms with Crippen molar-refractivity contribution in [2.24, 2.45) is 0 Å². The van der Waals surface area contributed by atoms with E-state index in [0.717, 1.165) is 5.56 Å². The van der Waals surface area contributed by atoms with E-state index in [9.17, 15) is 13.2 Å². The maximum absolute atomic E-state index is 12.7. The van der Waals surface area contributed by atoms with E-state index in [2.05, 4.69) is 9.71 Å². The Labute approximate surface area is 146 Å². The van der Waals surface area contributed by atoms with Crippen LogP contribution in [-0.2, 0) is 10.0 Å². The highest BCUT2D eigenvalue weighted by Gasteiger charge is 2.19. The van der Waals surface area contributed by atoms with Crippen molar-refractivity contribution in [3.63, 3.8) is 0 Å². The maximum Gasteiger partial charge on any atom is 0.261 e. The number of sulfonamides is 1. The molecule has 0 saturated carbocycles. The number of ketones is 1. The molecule has 0 aliphatic heterocycles. The molecule has 1 heterocycles. The molecule has 5 nitrogen and oxygen atoms in total. The number of benzene rings is 2. The summed E-state index contributed by atoms with van der Waals surface area (Å²) in [6, 6.07) is 16.2. The lowest BCUT2D eigenvalue weighted by Gasteiger charge is -2.12. The molecule has 0 unspecified atom stereocenters. The number of aromatic nitrogens is 1. The highest BCUT2D eigenvalue weighted by molar-refractivity contribution is 7.92. The van der Waals surface area contributed by atoms with Crippen LogP contribution in [-0.4, -0.2) is 19.2 Å². The topological polar surface area (TPSA) is 76.1 Å². The summed E-state index contributed by atoms with van der Waals surface area (Å²) in [5, 5.41) is 0. The Morgan fingerprint density at radius 3 is 2.24 bits per heavy atom. The van der Waals surface area contributed by atoms with Crippen molar-refractivity contribution in [1.82, 2.24) is 4.98 Å². The number of hydrogen-bond donors (Lipinski definition) is 1. The molecule has 0 saturated heterocycles. The lowest BCUT2D eigenvalue weighted by molar-refractivity contribution is 0.103. The first-order chi connectivity index (χ1) is 12.0. The van der Waals surface area contributed by atoms with Gasteiger partial charge in [-0.05, 0) is 43.3 Å². The van der Waals surface area contributed by atoms with Crippen molar-refractivity contribution in [2.45, 2.75) is 11.8 Å². The highest BCUT2D eigenvalue weighted by atomic mass is 32.2. The van der Waals surface area contributed by atoms with E-state index in [0.29, 0.717) is 5.56 Å². The van der Waals surface area contributed by atoms with E-state index in [1.54, 1.807) is 48.5 Å². The molecule has 1 aromatic heterocycles. The second kappa shape index (κ2) is 6.86. The third-order valence-electron chi connectivity index (χ3n) is 3.69. The molecule has 0 aliphatic carbocycles. The Hall–Kier alpha value is -2.99. The summed E-state index contributed by atoms with van der Waals surface area (Å²) < 4.78 is 27.7. The fourth-order valence-corrected chi connectivity index (χ4v) is 3.43. The first kappa shape index (κ1) is 16.9. The van der Waals surface area contributed by atoms with Crippen molar-refractivity contribution in [3.8, 4) is 0 Å². The van der Waals surface area contributed by atoms with Gasteiger partial charge >= 0.3 is 0 Å². The lowest BCUT2D eigenvalue weighted by Crippen LogP contribution is -2.16. The SMILES string of the molecule is Cc1ccc(S(=O)(=O)Nc2ccccc2C(=O)c2ccncc2)cc1. The van der Waals surface area contributed by atoms with E-state index in [4.69, 9.17) is 0 Å². The van der Waals surface area contributed by atoms with Crippen LogP contribution < -0.4 is 4.72 Å². The van der Waals surface area contributed by atoms with Crippen LogP contribution in [0.1, 0.15) is 21.5 Å². The predicted molar refractivity (Wildman–Crippen MR) is 96.1 cm³/mol.